The van der Waals surface area contributed by atoms with Crippen molar-refractivity contribution in [1.29, 1.82) is 0 Å². The molecule has 1 aromatic carbocycles. The summed E-state index contributed by atoms with van der Waals surface area (Å²) in [5.41, 5.74) is -0.471. The van der Waals surface area contributed by atoms with Crippen LogP contribution in [0.25, 0.3) is 0 Å². The summed E-state index contributed by atoms with van der Waals surface area (Å²) >= 11 is 0. The Morgan fingerprint density at radius 3 is 2.48 bits per heavy atom. The molecule has 2 aromatic rings. The van der Waals surface area contributed by atoms with Gasteiger partial charge in [0.2, 0.25) is 10.0 Å². The fourth-order valence-electron chi connectivity index (χ4n) is 1.57. The first-order valence-electron chi connectivity index (χ1n) is 5.43. The topological polar surface area (TPSA) is 124 Å². The maximum atomic E-state index is 13.2. The number of nitrogens with two attached hydrogens (primary N) is 1. The molecule has 8 nitrogen and oxygen atoms in total. The minimum absolute atomic E-state index is 0.199. The summed E-state index contributed by atoms with van der Waals surface area (Å²) in [4.78, 5) is -0.731. The van der Waals surface area contributed by atoms with Crippen LogP contribution >= 0.6 is 0 Å². The van der Waals surface area contributed by atoms with Crippen molar-refractivity contribution < 1.29 is 21.2 Å². The minimum Gasteiger partial charge on any atom is -0.278 e. The number of anilines is 1. The molecule has 0 radical (unpaired) electrons. The summed E-state index contributed by atoms with van der Waals surface area (Å²) in [6, 6.07) is 2.47. The van der Waals surface area contributed by atoms with Crippen molar-refractivity contribution in [2.24, 2.45) is 12.2 Å². The molecule has 0 unspecified atom stereocenters. The van der Waals surface area contributed by atoms with Gasteiger partial charge in [-0.1, -0.05) is 0 Å². The van der Waals surface area contributed by atoms with Gasteiger partial charge in [0, 0.05) is 13.2 Å². The minimum atomic E-state index is -4.21. The standard InChI is InChI=1S/C10H11FN4O4S2/c1-15-6-8(5-13-15)21(18,19)14-9-4-7(11)2-3-10(9)20(12,16)17/h2-6,14H,1H3,(H2,12,16,17). The average Bonchev–Trinajstić information content (AvgIpc) is 2.74. The molecule has 0 aliphatic heterocycles. The first-order chi connectivity index (χ1) is 9.59. The summed E-state index contributed by atoms with van der Waals surface area (Å²) in [5, 5.41) is 8.66. The number of benzene rings is 1. The zero-order valence-electron chi connectivity index (χ0n) is 10.7. The van der Waals surface area contributed by atoms with Gasteiger partial charge >= 0.3 is 0 Å². The Morgan fingerprint density at radius 2 is 1.95 bits per heavy atom. The Kier molecular flexibility index (Phi) is 3.74. The number of sulfonamides is 2. The van der Waals surface area contributed by atoms with Crippen LogP contribution in [0.1, 0.15) is 0 Å². The van der Waals surface area contributed by atoms with Gasteiger partial charge in [-0.2, -0.15) is 5.10 Å². The molecule has 0 bridgehead atoms. The van der Waals surface area contributed by atoms with Gasteiger partial charge in [-0.15, -0.1) is 0 Å². The highest BCUT2D eigenvalue weighted by molar-refractivity contribution is 7.93. The quantitative estimate of drug-likeness (QED) is 0.815. The third-order valence-electron chi connectivity index (χ3n) is 2.48. The van der Waals surface area contributed by atoms with Crippen molar-refractivity contribution in [3.05, 3.63) is 36.4 Å². The molecule has 11 heteroatoms. The Hall–Kier alpha value is -1.98. The molecular formula is C10H11FN4O4S2. The van der Waals surface area contributed by atoms with E-state index in [2.05, 4.69) is 5.10 Å². The molecule has 2 rings (SSSR count). The number of nitrogens with zero attached hydrogens (tertiary/aromatic N) is 2. The molecule has 0 aliphatic carbocycles. The second kappa shape index (κ2) is 5.09. The van der Waals surface area contributed by atoms with Gasteiger partial charge < -0.3 is 0 Å². The largest absolute Gasteiger partial charge is 0.278 e. The number of halogens is 1. The second-order valence-corrected chi connectivity index (χ2v) is 7.35. The average molecular weight is 334 g/mol. The number of aromatic nitrogens is 2. The van der Waals surface area contributed by atoms with Crippen LogP contribution in [0.2, 0.25) is 0 Å². The van der Waals surface area contributed by atoms with Crippen LogP contribution < -0.4 is 9.86 Å². The predicted molar refractivity (Wildman–Crippen MR) is 71.8 cm³/mol. The van der Waals surface area contributed by atoms with Gasteiger partial charge in [0.15, 0.2) is 0 Å². The van der Waals surface area contributed by atoms with E-state index >= 15 is 0 Å². The van der Waals surface area contributed by atoms with Gasteiger partial charge in [0.05, 0.1) is 11.9 Å². The SMILES string of the molecule is Cn1cc(S(=O)(=O)Nc2cc(F)ccc2S(N)(=O)=O)cn1. The maximum absolute atomic E-state index is 13.2. The Labute approximate surface area is 120 Å². The maximum Gasteiger partial charge on any atom is 0.265 e. The molecule has 0 spiro atoms. The Morgan fingerprint density at radius 1 is 1.29 bits per heavy atom. The Balaban J connectivity index is 2.51. The molecule has 0 aliphatic rings. The third kappa shape index (κ3) is 3.37. The van der Waals surface area contributed by atoms with Crippen LogP contribution in [0.3, 0.4) is 0 Å². The third-order valence-corrected chi connectivity index (χ3v) is 4.77. The van der Waals surface area contributed by atoms with E-state index in [0.717, 1.165) is 24.4 Å². The second-order valence-electron chi connectivity index (χ2n) is 4.14. The molecule has 21 heavy (non-hydrogen) atoms. The van der Waals surface area contributed by atoms with E-state index in [1.807, 2.05) is 4.72 Å². The summed E-state index contributed by atoms with van der Waals surface area (Å²) in [5.74, 6) is -0.814. The van der Waals surface area contributed by atoms with Gasteiger partial charge in [-0.25, -0.2) is 26.4 Å². The molecule has 3 N–H and O–H groups in total. The number of rotatable bonds is 4. The van der Waals surface area contributed by atoms with Crippen molar-refractivity contribution in [3.8, 4) is 0 Å². The van der Waals surface area contributed by atoms with Crippen molar-refractivity contribution >= 4 is 25.7 Å². The molecule has 114 valence electrons. The van der Waals surface area contributed by atoms with Crippen molar-refractivity contribution in [2.75, 3.05) is 4.72 Å². The molecule has 0 atom stereocenters. The van der Waals surface area contributed by atoms with Crippen LogP contribution in [0.15, 0.2) is 40.4 Å². The van der Waals surface area contributed by atoms with Gasteiger partial charge in [0.25, 0.3) is 10.0 Å². The van der Waals surface area contributed by atoms with E-state index < -0.39 is 36.4 Å². The smallest absolute Gasteiger partial charge is 0.265 e. The summed E-state index contributed by atoms with van der Waals surface area (Å²) in [7, 11) is -6.82. The normalized spacial score (nSPS) is 12.3. The molecule has 1 aromatic heterocycles. The fourth-order valence-corrected chi connectivity index (χ4v) is 3.36. The first kappa shape index (κ1) is 15.4. The van der Waals surface area contributed by atoms with Crippen LogP contribution in [-0.4, -0.2) is 26.6 Å². The van der Waals surface area contributed by atoms with Crippen molar-refractivity contribution in [3.63, 3.8) is 0 Å². The number of hydrogen-bond acceptors (Lipinski definition) is 5. The molecule has 0 saturated heterocycles. The van der Waals surface area contributed by atoms with E-state index in [4.69, 9.17) is 5.14 Å². The Bertz CT molecular complexity index is 890. The monoisotopic (exact) mass is 334 g/mol. The molecule has 0 fully saturated rings. The zero-order chi connectivity index (χ0) is 15.8. The van der Waals surface area contributed by atoms with Crippen molar-refractivity contribution in [1.82, 2.24) is 9.78 Å². The van der Waals surface area contributed by atoms with Crippen LogP contribution in [0.4, 0.5) is 10.1 Å². The first-order valence-corrected chi connectivity index (χ1v) is 8.46. The van der Waals surface area contributed by atoms with E-state index in [-0.39, 0.29) is 4.90 Å². The number of aryl methyl sites for hydroxylation is 1. The predicted octanol–water partition coefficient (Wildman–Crippen LogP) is 0.00740. The highest BCUT2D eigenvalue weighted by Gasteiger charge is 2.22. The lowest BCUT2D eigenvalue weighted by molar-refractivity contribution is 0.597. The van der Waals surface area contributed by atoms with Gasteiger partial charge in [-0.3, -0.25) is 9.40 Å². The lowest BCUT2D eigenvalue weighted by Crippen LogP contribution is -2.18. The number of primary sulfonamides is 1. The van der Waals surface area contributed by atoms with E-state index in [9.17, 15) is 21.2 Å². The van der Waals surface area contributed by atoms with Crippen molar-refractivity contribution in [2.45, 2.75) is 9.79 Å². The highest BCUT2D eigenvalue weighted by Crippen LogP contribution is 2.24. The highest BCUT2D eigenvalue weighted by atomic mass is 32.2. The molecule has 0 amide bonds. The molecule has 0 saturated carbocycles. The van der Waals surface area contributed by atoms with Gasteiger partial charge in [-0.05, 0) is 18.2 Å². The van der Waals surface area contributed by atoms with Gasteiger partial charge in [0.1, 0.15) is 15.6 Å². The number of nitrogens with one attached hydrogen (secondary N) is 1. The zero-order valence-corrected chi connectivity index (χ0v) is 12.3. The van der Waals surface area contributed by atoms with E-state index in [1.54, 1.807) is 0 Å². The van der Waals surface area contributed by atoms with Crippen LogP contribution in [0.5, 0.6) is 0 Å². The summed E-state index contributed by atoms with van der Waals surface area (Å²) in [6.07, 6.45) is 2.27. The lowest BCUT2D eigenvalue weighted by atomic mass is 10.3. The summed E-state index contributed by atoms with van der Waals surface area (Å²) < 4.78 is 63.4. The van der Waals surface area contributed by atoms with Crippen LogP contribution in [0, 0.1) is 5.82 Å². The fraction of sp³-hybridized carbons (Fsp3) is 0.100. The molecular weight excluding hydrogens is 323 g/mol. The van der Waals surface area contributed by atoms with E-state index in [0.29, 0.717) is 0 Å². The molecule has 1 heterocycles. The van der Waals surface area contributed by atoms with Crippen LogP contribution in [-0.2, 0) is 27.1 Å². The van der Waals surface area contributed by atoms with E-state index in [1.165, 1.54) is 17.9 Å². The lowest BCUT2D eigenvalue weighted by Gasteiger charge is -2.10. The summed E-state index contributed by atoms with van der Waals surface area (Å²) in [6.45, 7) is 0. The number of hydrogen-bond donors (Lipinski definition) is 2.